The number of carbonyl (C=O) groups excluding carboxylic acids is 1. The Bertz CT molecular complexity index is 327. The van der Waals surface area contributed by atoms with E-state index in [1.165, 1.54) is 0 Å². The summed E-state index contributed by atoms with van der Waals surface area (Å²) in [6.07, 6.45) is 2.10. The number of hydrogen-bond donors (Lipinski definition) is 1. The van der Waals surface area contributed by atoms with E-state index in [4.69, 9.17) is 9.84 Å². The van der Waals surface area contributed by atoms with Crippen LogP contribution in [0.2, 0.25) is 0 Å². The van der Waals surface area contributed by atoms with Crippen LogP contribution in [-0.2, 0) is 9.53 Å². The number of aliphatic carboxylic acids is 1. The minimum Gasteiger partial charge on any atom is -0.481 e. The Labute approximate surface area is 120 Å². The summed E-state index contributed by atoms with van der Waals surface area (Å²) in [7, 11) is 1.77. The second-order valence-corrected chi connectivity index (χ2v) is 5.68. The molecule has 1 heterocycles. The fourth-order valence-corrected chi connectivity index (χ4v) is 2.43. The summed E-state index contributed by atoms with van der Waals surface area (Å²) in [5.41, 5.74) is 0. The molecule has 20 heavy (non-hydrogen) atoms. The van der Waals surface area contributed by atoms with Crippen LogP contribution in [0, 0.1) is 5.92 Å². The van der Waals surface area contributed by atoms with Crippen molar-refractivity contribution >= 4 is 12.0 Å². The number of ether oxygens (including phenoxy) is 1. The fourth-order valence-electron chi connectivity index (χ4n) is 2.43. The van der Waals surface area contributed by atoms with Gasteiger partial charge in [-0.3, -0.25) is 4.79 Å². The summed E-state index contributed by atoms with van der Waals surface area (Å²) >= 11 is 0. The van der Waals surface area contributed by atoms with Crippen molar-refractivity contribution in [2.24, 2.45) is 5.92 Å². The molecule has 0 aromatic carbocycles. The summed E-state index contributed by atoms with van der Waals surface area (Å²) in [6.45, 7) is 6.22. The largest absolute Gasteiger partial charge is 0.481 e. The van der Waals surface area contributed by atoms with E-state index in [-0.39, 0.29) is 25.0 Å². The SMILES string of the molecule is CC(C)N(CCC(=O)O)C(=O)N(C)CC1CCCOC1. The Kier molecular flexibility index (Phi) is 6.78. The Morgan fingerprint density at radius 2 is 2.10 bits per heavy atom. The molecule has 0 aliphatic carbocycles. The van der Waals surface area contributed by atoms with Gasteiger partial charge in [-0.05, 0) is 26.7 Å². The number of rotatable bonds is 6. The number of amides is 2. The topological polar surface area (TPSA) is 70.1 Å². The molecule has 1 fully saturated rings. The van der Waals surface area contributed by atoms with E-state index in [1.807, 2.05) is 13.8 Å². The molecule has 1 saturated heterocycles. The molecule has 0 aromatic heterocycles. The summed E-state index contributed by atoms with van der Waals surface area (Å²) < 4.78 is 5.42. The van der Waals surface area contributed by atoms with Gasteiger partial charge < -0.3 is 19.6 Å². The highest BCUT2D eigenvalue weighted by molar-refractivity contribution is 5.75. The summed E-state index contributed by atoms with van der Waals surface area (Å²) in [5, 5.41) is 8.76. The normalized spacial score (nSPS) is 18.9. The quantitative estimate of drug-likeness (QED) is 0.806. The molecule has 1 aliphatic heterocycles. The molecule has 2 amide bonds. The van der Waals surface area contributed by atoms with Crippen LogP contribution in [0.1, 0.15) is 33.1 Å². The number of carbonyl (C=O) groups is 2. The van der Waals surface area contributed by atoms with Crippen LogP contribution in [0.3, 0.4) is 0 Å². The smallest absolute Gasteiger partial charge is 0.319 e. The molecular formula is C14H26N2O4. The molecule has 0 aromatic rings. The highest BCUT2D eigenvalue weighted by Gasteiger charge is 2.24. The molecule has 1 unspecified atom stereocenters. The first-order valence-corrected chi connectivity index (χ1v) is 7.23. The van der Waals surface area contributed by atoms with Gasteiger partial charge in [0.15, 0.2) is 0 Å². The van der Waals surface area contributed by atoms with Gasteiger partial charge in [0.05, 0.1) is 13.0 Å². The molecule has 6 heteroatoms. The molecule has 0 radical (unpaired) electrons. The monoisotopic (exact) mass is 286 g/mol. The van der Waals surface area contributed by atoms with Gasteiger partial charge in [-0.25, -0.2) is 4.79 Å². The van der Waals surface area contributed by atoms with Crippen LogP contribution in [0.15, 0.2) is 0 Å². The van der Waals surface area contributed by atoms with Crippen molar-refractivity contribution < 1.29 is 19.4 Å². The molecule has 0 bridgehead atoms. The van der Waals surface area contributed by atoms with Gasteiger partial charge in [0.25, 0.3) is 0 Å². The Hall–Kier alpha value is -1.30. The summed E-state index contributed by atoms with van der Waals surface area (Å²) in [6, 6.07) is -0.112. The van der Waals surface area contributed by atoms with E-state index in [2.05, 4.69) is 0 Å². The first kappa shape index (κ1) is 16.8. The van der Waals surface area contributed by atoms with Crippen LogP contribution in [0.25, 0.3) is 0 Å². The third-order valence-corrected chi connectivity index (χ3v) is 3.55. The molecule has 116 valence electrons. The predicted molar refractivity (Wildman–Crippen MR) is 75.7 cm³/mol. The van der Waals surface area contributed by atoms with Gasteiger partial charge in [-0.1, -0.05) is 0 Å². The van der Waals surface area contributed by atoms with E-state index in [1.54, 1.807) is 16.8 Å². The molecule has 1 atom stereocenters. The highest BCUT2D eigenvalue weighted by Crippen LogP contribution is 2.15. The third-order valence-electron chi connectivity index (χ3n) is 3.55. The predicted octanol–water partition coefficient (Wildman–Crippen LogP) is 1.65. The molecule has 0 spiro atoms. The van der Waals surface area contributed by atoms with Crippen molar-refractivity contribution in [1.29, 1.82) is 0 Å². The zero-order valence-corrected chi connectivity index (χ0v) is 12.7. The van der Waals surface area contributed by atoms with Crippen molar-refractivity contribution in [2.45, 2.75) is 39.2 Å². The Balaban J connectivity index is 2.51. The van der Waals surface area contributed by atoms with Gasteiger partial charge in [-0.2, -0.15) is 0 Å². The van der Waals surface area contributed by atoms with Gasteiger partial charge >= 0.3 is 12.0 Å². The first-order chi connectivity index (χ1) is 9.41. The van der Waals surface area contributed by atoms with Crippen molar-refractivity contribution in [3.63, 3.8) is 0 Å². The zero-order chi connectivity index (χ0) is 15.1. The number of carboxylic acids is 1. The maximum Gasteiger partial charge on any atom is 0.319 e. The van der Waals surface area contributed by atoms with Crippen molar-refractivity contribution in [3.05, 3.63) is 0 Å². The molecule has 0 saturated carbocycles. The fraction of sp³-hybridized carbons (Fsp3) is 0.857. The maximum absolute atomic E-state index is 12.4. The lowest BCUT2D eigenvalue weighted by molar-refractivity contribution is -0.137. The van der Waals surface area contributed by atoms with Gasteiger partial charge in [0.2, 0.25) is 0 Å². The molecule has 6 nitrogen and oxygen atoms in total. The van der Waals surface area contributed by atoms with Crippen LogP contribution in [-0.4, -0.2) is 66.3 Å². The average molecular weight is 286 g/mol. The highest BCUT2D eigenvalue weighted by atomic mass is 16.5. The van der Waals surface area contributed by atoms with Crippen LogP contribution >= 0.6 is 0 Å². The lowest BCUT2D eigenvalue weighted by Gasteiger charge is -2.33. The van der Waals surface area contributed by atoms with Crippen molar-refractivity contribution in [2.75, 3.05) is 33.4 Å². The van der Waals surface area contributed by atoms with Gasteiger partial charge in [-0.15, -0.1) is 0 Å². The number of hydrogen-bond acceptors (Lipinski definition) is 3. The van der Waals surface area contributed by atoms with Gasteiger partial charge in [0.1, 0.15) is 0 Å². The van der Waals surface area contributed by atoms with Crippen LogP contribution in [0.4, 0.5) is 4.79 Å². The van der Waals surface area contributed by atoms with Gasteiger partial charge in [0, 0.05) is 38.7 Å². The van der Waals surface area contributed by atoms with E-state index in [0.29, 0.717) is 19.1 Å². The second-order valence-electron chi connectivity index (χ2n) is 5.68. The minimum atomic E-state index is -0.883. The second kappa shape index (κ2) is 8.09. The van der Waals surface area contributed by atoms with Crippen molar-refractivity contribution in [1.82, 2.24) is 9.80 Å². The summed E-state index contributed by atoms with van der Waals surface area (Å²) in [4.78, 5) is 26.3. The van der Waals surface area contributed by atoms with Crippen LogP contribution in [0.5, 0.6) is 0 Å². The first-order valence-electron chi connectivity index (χ1n) is 7.23. The average Bonchev–Trinajstić information content (AvgIpc) is 2.39. The third kappa shape index (κ3) is 5.36. The molecule has 1 N–H and O–H groups in total. The number of carboxylic acid groups (broad SMARTS) is 1. The molecular weight excluding hydrogens is 260 g/mol. The lowest BCUT2D eigenvalue weighted by atomic mass is 10.0. The van der Waals surface area contributed by atoms with E-state index >= 15 is 0 Å². The van der Waals surface area contributed by atoms with E-state index < -0.39 is 5.97 Å². The molecule has 1 aliphatic rings. The Morgan fingerprint density at radius 1 is 1.40 bits per heavy atom. The van der Waals surface area contributed by atoms with E-state index in [9.17, 15) is 9.59 Å². The number of nitrogens with zero attached hydrogens (tertiary/aromatic N) is 2. The van der Waals surface area contributed by atoms with Crippen molar-refractivity contribution in [3.8, 4) is 0 Å². The number of urea groups is 1. The maximum atomic E-state index is 12.4. The summed E-state index contributed by atoms with van der Waals surface area (Å²) in [5.74, 6) is -0.502. The lowest BCUT2D eigenvalue weighted by Crippen LogP contribution is -2.47. The Morgan fingerprint density at radius 3 is 2.60 bits per heavy atom. The van der Waals surface area contributed by atoms with E-state index in [0.717, 1.165) is 19.4 Å². The zero-order valence-electron chi connectivity index (χ0n) is 12.7. The van der Waals surface area contributed by atoms with Crippen LogP contribution < -0.4 is 0 Å². The standard InChI is InChI=1S/C14H26N2O4/c1-11(2)16(7-6-13(17)18)14(19)15(3)9-12-5-4-8-20-10-12/h11-12H,4-10H2,1-3H3,(H,17,18). The molecule has 1 rings (SSSR count). The minimum absolute atomic E-state index is 0.00749.